The number of allylic oxidation sites excluding steroid dienone is 2. The summed E-state index contributed by atoms with van der Waals surface area (Å²) in [5.74, 6) is 0.148. The van der Waals surface area contributed by atoms with Gasteiger partial charge in [0.15, 0.2) is 5.78 Å². The molecule has 1 saturated heterocycles. The molecule has 0 unspecified atom stereocenters. The van der Waals surface area contributed by atoms with E-state index in [0.29, 0.717) is 0 Å². The van der Waals surface area contributed by atoms with Crippen molar-refractivity contribution in [3.63, 3.8) is 0 Å². The van der Waals surface area contributed by atoms with Crippen LogP contribution in [0.4, 0.5) is 0 Å². The topological polar surface area (TPSA) is 20.3 Å². The Morgan fingerprint density at radius 3 is 2.27 bits per heavy atom. The minimum atomic E-state index is 0.148. The van der Waals surface area contributed by atoms with Gasteiger partial charge in [0.25, 0.3) is 0 Å². The Kier molecular flexibility index (Phi) is 2.69. The lowest BCUT2D eigenvalue weighted by atomic mass is 10.3. The minimum Gasteiger partial charge on any atom is -0.375 e. The van der Waals surface area contributed by atoms with Gasteiger partial charge in [0.1, 0.15) is 0 Å². The molecular formula is C9H15NO. The fraction of sp³-hybridized carbons (Fsp3) is 0.667. The van der Waals surface area contributed by atoms with Crippen molar-refractivity contribution in [2.45, 2.75) is 26.7 Å². The van der Waals surface area contributed by atoms with Crippen LogP contribution in [0.2, 0.25) is 0 Å². The second-order valence-electron chi connectivity index (χ2n) is 3.09. The average molecular weight is 153 g/mol. The molecule has 1 aliphatic heterocycles. The predicted octanol–water partition coefficient (Wildman–Crippen LogP) is 1.57. The molecule has 0 saturated carbocycles. The van der Waals surface area contributed by atoms with Crippen molar-refractivity contribution in [2.75, 3.05) is 13.1 Å². The molecule has 1 fully saturated rings. The lowest BCUT2D eigenvalue weighted by molar-refractivity contribution is -0.112. The Bertz CT molecular complexity index is 178. The third-order valence-electron chi connectivity index (χ3n) is 2.02. The Morgan fingerprint density at radius 1 is 1.27 bits per heavy atom. The number of nitrogens with zero attached hydrogens (tertiary/aromatic N) is 1. The van der Waals surface area contributed by atoms with Crippen LogP contribution >= 0.6 is 0 Å². The van der Waals surface area contributed by atoms with E-state index in [2.05, 4.69) is 4.90 Å². The van der Waals surface area contributed by atoms with Crippen molar-refractivity contribution < 1.29 is 4.79 Å². The van der Waals surface area contributed by atoms with Crippen molar-refractivity contribution >= 4 is 5.78 Å². The average Bonchev–Trinajstić information content (AvgIpc) is 2.35. The molecular weight excluding hydrogens is 138 g/mol. The molecule has 1 rings (SSSR count). The van der Waals surface area contributed by atoms with E-state index < -0.39 is 0 Å². The van der Waals surface area contributed by atoms with Gasteiger partial charge in [-0.15, -0.1) is 0 Å². The Labute approximate surface area is 67.9 Å². The summed E-state index contributed by atoms with van der Waals surface area (Å²) >= 11 is 0. The fourth-order valence-electron chi connectivity index (χ4n) is 1.46. The second kappa shape index (κ2) is 3.56. The quantitative estimate of drug-likeness (QED) is 0.561. The Balaban J connectivity index is 2.51. The van der Waals surface area contributed by atoms with Gasteiger partial charge >= 0.3 is 0 Å². The molecule has 62 valence electrons. The number of hydrogen-bond donors (Lipinski definition) is 0. The van der Waals surface area contributed by atoms with E-state index in [0.717, 1.165) is 18.8 Å². The zero-order valence-corrected chi connectivity index (χ0v) is 7.26. The second-order valence-corrected chi connectivity index (χ2v) is 3.09. The molecule has 0 amide bonds. The molecule has 0 atom stereocenters. The van der Waals surface area contributed by atoms with E-state index in [1.165, 1.54) is 12.8 Å². The van der Waals surface area contributed by atoms with Crippen molar-refractivity contribution in [2.24, 2.45) is 0 Å². The van der Waals surface area contributed by atoms with Gasteiger partial charge in [0.2, 0.25) is 0 Å². The first-order valence-electron chi connectivity index (χ1n) is 4.14. The third-order valence-corrected chi connectivity index (χ3v) is 2.02. The van der Waals surface area contributed by atoms with Gasteiger partial charge in [-0.3, -0.25) is 4.79 Å². The predicted molar refractivity (Wildman–Crippen MR) is 45.2 cm³/mol. The van der Waals surface area contributed by atoms with Gasteiger partial charge in [-0.1, -0.05) is 0 Å². The van der Waals surface area contributed by atoms with E-state index in [4.69, 9.17) is 0 Å². The van der Waals surface area contributed by atoms with Gasteiger partial charge in [0, 0.05) is 18.8 Å². The van der Waals surface area contributed by atoms with Gasteiger partial charge in [-0.25, -0.2) is 0 Å². The van der Waals surface area contributed by atoms with Gasteiger partial charge < -0.3 is 4.90 Å². The lowest BCUT2D eigenvalue weighted by Crippen LogP contribution is -2.17. The number of likely N-dealkylation sites (tertiary alicyclic amines) is 1. The first-order valence-corrected chi connectivity index (χ1v) is 4.14. The number of rotatable bonds is 2. The van der Waals surface area contributed by atoms with Crippen molar-refractivity contribution in [1.82, 2.24) is 4.90 Å². The van der Waals surface area contributed by atoms with Gasteiger partial charge in [-0.2, -0.15) is 0 Å². The van der Waals surface area contributed by atoms with Crippen molar-refractivity contribution in [1.29, 1.82) is 0 Å². The highest BCUT2D eigenvalue weighted by Crippen LogP contribution is 2.13. The Morgan fingerprint density at radius 2 is 1.82 bits per heavy atom. The molecule has 2 nitrogen and oxygen atoms in total. The summed E-state index contributed by atoms with van der Waals surface area (Å²) in [6, 6.07) is 0. The van der Waals surface area contributed by atoms with Gasteiger partial charge in [0.05, 0.1) is 0 Å². The lowest BCUT2D eigenvalue weighted by Gasteiger charge is -2.17. The first-order chi connectivity index (χ1) is 5.20. The molecule has 0 aromatic carbocycles. The van der Waals surface area contributed by atoms with Crippen LogP contribution in [0.1, 0.15) is 26.7 Å². The third kappa shape index (κ3) is 2.37. The smallest absolute Gasteiger partial charge is 0.154 e. The summed E-state index contributed by atoms with van der Waals surface area (Å²) in [6.45, 7) is 5.84. The number of carbonyl (C=O) groups is 1. The fourth-order valence-corrected chi connectivity index (χ4v) is 1.46. The van der Waals surface area contributed by atoms with Gasteiger partial charge in [-0.05, 0) is 32.8 Å². The standard InChI is InChI=1S/C9H15NO/c1-8(7-9(2)11)10-5-3-4-6-10/h7H,3-6H2,1-2H3/b8-7+. The minimum absolute atomic E-state index is 0.148. The number of hydrogen-bond acceptors (Lipinski definition) is 2. The maximum atomic E-state index is 10.7. The normalized spacial score (nSPS) is 19.1. The highest BCUT2D eigenvalue weighted by molar-refractivity contribution is 5.87. The van der Waals surface area contributed by atoms with Crippen LogP contribution in [0.5, 0.6) is 0 Å². The molecule has 1 heterocycles. The highest BCUT2D eigenvalue weighted by Gasteiger charge is 2.11. The largest absolute Gasteiger partial charge is 0.375 e. The highest BCUT2D eigenvalue weighted by atomic mass is 16.1. The van der Waals surface area contributed by atoms with Crippen LogP contribution in [0, 0.1) is 0 Å². The maximum absolute atomic E-state index is 10.7. The van der Waals surface area contributed by atoms with Crippen LogP contribution in [0.3, 0.4) is 0 Å². The molecule has 0 aromatic heterocycles. The summed E-state index contributed by atoms with van der Waals surface area (Å²) in [5, 5.41) is 0. The van der Waals surface area contributed by atoms with E-state index in [9.17, 15) is 4.79 Å². The first kappa shape index (κ1) is 8.31. The summed E-state index contributed by atoms with van der Waals surface area (Å²) in [6.07, 6.45) is 4.25. The van der Waals surface area contributed by atoms with Crippen LogP contribution in [0.25, 0.3) is 0 Å². The SMILES string of the molecule is CC(=O)/C=C(\C)N1CCCC1. The zero-order valence-electron chi connectivity index (χ0n) is 7.26. The molecule has 1 aliphatic rings. The zero-order chi connectivity index (χ0) is 8.27. The summed E-state index contributed by atoms with van der Waals surface area (Å²) in [7, 11) is 0. The summed E-state index contributed by atoms with van der Waals surface area (Å²) in [5.41, 5.74) is 1.12. The van der Waals surface area contributed by atoms with Crippen molar-refractivity contribution in [3.8, 4) is 0 Å². The maximum Gasteiger partial charge on any atom is 0.154 e. The van der Waals surface area contributed by atoms with Crippen LogP contribution < -0.4 is 0 Å². The number of carbonyl (C=O) groups excluding carboxylic acids is 1. The van der Waals surface area contributed by atoms with E-state index >= 15 is 0 Å². The van der Waals surface area contributed by atoms with Crippen molar-refractivity contribution in [3.05, 3.63) is 11.8 Å². The van der Waals surface area contributed by atoms with E-state index in [1.54, 1.807) is 13.0 Å². The monoisotopic (exact) mass is 153 g/mol. The molecule has 0 aromatic rings. The molecule has 0 radical (unpaired) electrons. The van der Waals surface area contributed by atoms with Crippen LogP contribution in [0.15, 0.2) is 11.8 Å². The van der Waals surface area contributed by atoms with E-state index in [1.807, 2.05) is 6.92 Å². The molecule has 2 heteroatoms. The molecule has 0 bridgehead atoms. The Hall–Kier alpha value is -0.790. The summed E-state index contributed by atoms with van der Waals surface area (Å²) < 4.78 is 0. The molecule has 11 heavy (non-hydrogen) atoms. The molecule has 0 spiro atoms. The molecule has 0 N–H and O–H groups in total. The number of ketones is 1. The van der Waals surface area contributed by atoms with Crippen LogP contribution in [-0.4, -0.2) is 23.8 Å². The van der Waals surface area contributed by atoms with Crippen LogP contribution in [-0.2, 0) is 4.79 Å². The molecule has 0 aliphatic carbocycles. The van der Waals surface area contributed by atoms with E-state index in [-0.39, 0.29) is 5.78 Å². The summed E-state index contributed by atoms with van der Waals surface area (Å²) in [4.78, 5) is 13.0.